The van der Waals surface area contributed by atoms with Crippen LogP contribution in [0.5, 0.6) is 5.75 Å². The number of amides is 1. The maximum atomic E-state index is 12.7. The van der Waals surface area contributed by atoms with Crippen LogP contribution in [0, 0.1) is 0 Å². The van der Waals surface area contributed by atoms with Gasteiger partial charge in [-0.05, 0) is 51.0 Å². The first-order valence-corrected chi connectivity index (χ1v) is 11.9. The number of halogens is 1. The molecular formula is C22H29ClN2O5S. The molecule has 0 unspecified atom stereocenters. The van der Waals surface area contributed by atoms with Crippen molar-refractivity contribution in [2.24, 2.45) is 0 Å². The van der Waals surface area contributed by atoms with Crippen LogP contribution in [0.2, 0.25) is 5.02 Å². The zero-order chi connectivity index (χ0) is 22.9. The largest absolute Gasteiger partial charge is 0.482 e. The van der Waals surface area contributed by atoms with Crippen LogP contribution in [0.15, 0.2) is 53.4 Å². The van der Waals surface area contributed by atoms with Crippen molar-refractivity contribution >= 4 is 27.5 Å². The molecule has 9 heteroatoms. The number of nitrogens with one attached hydrogen (secondary N) is 2. The molecule has 1 amide bonds. The molecule has 1 atom stereocenters. The molecule has 0 saturated heterocycles. The number of carbonyl (C=O) groups excluding carboxylic acids is 1. The van der Waals surface area contributed by atoms with Gasteiger partial charge < -0.3 is 14.8 Å². The molecule has 0 heterocycles. The van der Waals surface area contributed by atoms with Gasteiger partial charge in [-0.2, -0.15) is 0 Å². The molecule has 0 aliphatic carbocycles. The normalized spacial score (nSPS) is 12.5. The Morgan fingerprint density at radius 3 is 2.45 bits per heavy atom. The second-order valence-corrected chi connectivity index (χ2v) is 9.38. The first-order chi connectivity index (χ1) is 14.7. The molecule has 31 heavy (non-hydrogen) atoms. The predicted octanol–water partition coefficient (Wildman–Crippen LogP) is 3.69. The van der Waals surface area contributed by atoms with Crippen LogP contribution in [-0.4, -0.2) is 40.2 Å². The van der Waals surface area contributed by atoms with Gasteiger partial charge in [-0.3, -0.25) is 4.79 Å². The Morgan fingerprint density at radius 2 is 1.81 bits per heavy atom. The minimum Gasteiger partial charge on any atom is -0.482 e. The lowest BCUT2D eigenvalue weighted by Crippen LogP contribution is -2.30. The fourth-order valence-corrected chi connectivity index (χ4v) is 4.25. The molecule has 170 valence electrons. The van der Waals surface area contributed by atoms with Gasteiger partial charge in [0.25, 0.3) is 5.91 Å². The Labute approximate surface area is 189 Å². The van der Waals surface area contributed by atoms with E-state index in [9.17, 15) is 13.2 Å². The molecule has 0 fully saturated rings. The van der Waals surface area contributed by atoms with E-state index >= 15 is 0 Å². The Balaban J connectivity index is 1.88. The van der Waals surface area contributed by atoms with Crippen LogP contribution < -0.4 is 14.8 Å². The zero-order valence-corrected chi connectivity index (χ0v) is 19.5. The fourth-order valence-electron chi connectivity index (χ4n) is 2.69. The minimum absolute atomic E-state index is 0.0160. The summed E-state index contributed by atoms with van der Waals surface area (Å²) in [5.41, 5.74) is 0.846. The van der Waals surface area contributed by atoms with Crippen molar-refractivity contribution in [1.29, 1.82) is 0 Å². The second kappa shape index (κ2) is 12.0. The number of hydrogen-bond acceptors (Lipinski definition) is 5. The van der Waals surface area contributed by atoms with Gasteiger partial charge in [-0.25, -0.2) is 13.1 Å². The van der Waals surface area contributed by atoms with Crippen molar-refractivity contribution in [3.05, 3.63) is 59.1 Å². The number of carbonyl (C=O) groups is 1. The third kappa shape index (κ3) is 8.49. The van der Waals surface area contributed by atoms with Gasteiger partial charge in [-0.15, -0.1) is 0 Å². The highest BCUT2D eigenvalue weighted by atomic mass is 35.5. The van der Waals surface area contributed by atoms with Gasteiger partial charge in [0.05, 0.1) is 16.0 Å². The van der Waals surface area contributed by atoms with E-state index in [-0.39, 0.29) is 34.3 Å². The van der Waals surface area contributed by atoms with Gasteiger partial charge in [0.15, 0.2) is 6.61 Å². The van der Waals surface area contributed by atoms with Gasteiger partial charge in [-0.1, -0.05) is 41.9 Å². The maximum Gasteiger partial charge on any atom is 0.257 e. The van der Waals surface area contributed by atoms with Crippen LogP contribution >= 0.6 is 11.6 Å². The Morgan fingerprint density at radius 1 is 1.10 bits per heavy atom. The van der Waals surface area contributed by atoms with Crippen LogP contribution in [0.1, 0.15) is 38.8 Å². The van der Waals surface area contributed by atoms with E-state index in [2.05, 4.69) is 10.0 Å². The summed E-state index contributed by atoms with van der Waals surface area (Å²) in [5, 5.41) is 2.83. The van der Waals surface area contributed by atoms with Crippen molar-refractivity contribution in [2.75, 3.05) is 19.8 Å². The summed E-state index contributed by atoms with van der Waals surface area (Å²) >= 11 is 6.18. The first kappa shape index (κ1) is 25.1. The number of rotatable bonds is 12. The van der Waals surface area contributed by atoms with Gasteiger partial charge in [0, 0.05) is 19.2 Å². The van der Waals surface area contributed by atoms with Crippen LogP contribution in [-0.2, 0) is 19.6 Å². The van der Waals surface area contributed by atoms with Crippen LogP contribution in [0.25, 0.3) is 0 Å². The molecular weight excluding hydrogens is 440 g/mol. The average molecular weight is 469 g/mol. The van der Waals surface area contributed by atoms with Crippen molar-refractivity contribution in [1.82, 2.24) is 10.0 Å². The van der Waals surface area contributed by atoms with E-state index in [1.165, 1.54) is 18.2 Å². The van der Waals surface area contributed by atoms with E-state index in [0.29, 0.717) is 19.6 Å². The summed E-state index contributed by atoms with van der Waals surface area (Å²) in [4.78, 5) is 11.9. The molecule has 0 aromatic heterocycles. The van der Waals surface area contributed by atoms with Crippen LogP contribution in [0.4, 0.5) is 0 Å². The summed E-state index contributed by atoms with van der Waals surface area (Å²) in [6.45, 7) is 6.49. The molecule has 2 N–H and O–H groups in total. The summed E-state index contributed by atoms with van der Waals surface area (Å²) in [5.74, 6) is -0.0642. The van der Waals surface area contributed by atoms with E-state index in [1.54, 1.807) is 6.92 Å². The predicted molar refractivity (Wildman–Crippen MR) is 121 cm³/mol. The van der Waals surface area contributed by atoms with Gasteiger partial charge in [0.1, 0.15) is 5.75 Å². The molecule has 0 saturated carbocycles. The number of benzene rings is 2. The third-order valence-electron chi connectivity index (χ3n) is 4.30. The van der Waals surface area contributed by atoms with Crippen molar-refractivity contribution < 1.29 is 22.7 Å². The van der Waals surface area contributed by atoms with E-state index in [1.807, 2.05) is 44.2 Å². The number of sulfonamides is 1. The molecule has 7 nitrogen and oxygen atoms in total. The Hall–Kier alpha value is -2.13. The van der Waals surface area contributed by atoms with Crippen LogP contribution in [0.3, 0.4) is 0 Å². The average Bonchev–Trinajstić information content (AvgIpc) is 2.72. The summed E-state index contributed by atoms with van der Waals surface area (Å²) in [7, 11) is -3.78. The van der Waals surface area contributed by atoms with Crippen molar-refractivity contribution in [3.8, 4) is 5.75 Å². The molecule has 0 radical (unpaired) electrons. The molecule has 0 spiro atoms. The molecule has 2 aromatic carbocycles. The SMILES string of the molecule is CC(C)OCCCNC(=O)COc1ccc(S(=O)(=O)N[C@H](C)c2ccccc2)cc1Cl. The highest BCUT2D eigenvalue weighted by Crippen LogP contribution is 2.28. The molecule has 2 aromatic rings. The number of hydrogen-bond donors (Lipinski definition) is 2. The quantitative estimate of drug-likeness (QED) is 0.463. The standard InChI is InChI=1S/C22H29ClN2O5S/c1-16(2)29-13-7-12-24-22(26)15-30-21-11-10-19(14-20(21)23)31(27,28)25-17(3)18-8-5-4-6-9-18/h4-6,8-11,14,16-17,25H,7,12-13,15H2,1-3H3,(H,24,26)/t17-/m1/s1. The van der Waals surface area contributed by atoms with Gasteiger partial charge >= 0.3 is 0 Å². The van der Waals surface area contributed by atoms with E-state index < -0.39 is 16.1 Å². The third-order valence-corrected chi connectivity index (χ3v) is 6.13. The molecule has 0 bridgehead atoms. The molecule has 0 aliphatic heterocycles. The molecule has 0 aliphatic rings. The highest BCUT2D eigenvalue weighted by molar-refractivity contribution is 7.89. The summed E-state index contributed by atoms with van der Waals surface area (Å²) in [6.07, 6.45) is 0.857. The second-order valence-electron chi connectivity index (χ2n) is 7.26. The lowest BCUT2D eigenvalue weighted by molar-refractivity contribution is -0.123. The Kier molecular flexibility index (Phi) is 9.77. The lowest BCUT2D eigenvalue weighted by Gasteiger charge is -2.15. The summed E-state index contributed by atoms with van der Waals surface area (Å²) < 4.78 is 38.8. The van der Waals surface area contributed by atoms with E-state index in [0.717, 1.165) is 5.56 Å². The highest BCUT2D eigenvalue weighted by Gasteiger charge is 2.20. The monoisotopic (exact) mass is 468 g/mol. The Bertz CT molecular complexity index is 952. The van der Waals surface area contributed by atoms with E-state index in [4.69, 9.17) is 21.1 Å². The smallest absolute Gasteiger partial charge is 0.257 e. The number of ether oxygens (including phenoxy) is 2. The minimum atomic E-state index is -3.78. The fraction of sp³-hybridized carbons (Fsp3) is 0.409. The zero-order valence-electron chi connectivity index (χ0n) is 17.9. The van der Waals surface area contributed by atoms with Gasteiger partial charge in [0.2, 0.25) is 10.0 Å². The lowest BCUT2D eigenvalue weighted by atomic mass is 10.1. The molecule has 2 rings (SSSR count). The summed E-state index contributed by atoms with van der Waals surface area (Å²) in [6, 6.07) is 13.0. The van der Waals surface area contributed by atoms with Crippen molar-refractivity contribution in [3.63, 3.8) is 0 Å². The first-order valence-electron chi connectivity index (χ1n) is 10.1. The van der Waals surface area contributed by atoms with Crippen molar-refractivity contribution in [2.45, 2.75) is 44.2 Å². The maximum absolute atomic E-state index is 12.7. The topological polar surface area (TPSA) is 93.7 Å².